The van der Waals surface area contributed by atoms with E-state index in [1.165, 1.54) is 10.9 Å². The average molecular weight is 411 g/mol. The fraction of sp³-hybridized carbons (Fsp3) is 0.522. The summed E-state index contributed by atoms with van der Waals surface area (Å²) in [7, 11) is 1.71. The summed E-state index contributed by atoms with van der Waals surface area (Å²) in [6.45, 7) is 3.91. The molecule has 3 aromatic rings. The van der Waals surface area contributed by atoms with Crippen LogP contribution in [-0.4, -0.2) is 52.7 Å². The molecule has 0 atom stereocenters. The highest BCUT2D eigenvalue weighted by atomic mass is 16.5. The molecule has 4 rings (SSSR count). The van der Waals surface area contributed by atoms with E-state index in [9.17, 15) is 4.79 Å². The van der Waals surface area contributed by atoms with E-state index in [-0.39, 0.29) is 11.3 Å². The van der Waals surface area contributed by atoms with E-state index in [4.69, 9.17) is 9.26 Å². The molecule has 1 amide bonds. The molecule has 0 spiro atoms. The second-order valence-electron chi connectivity index (χ2n) is 8.25. The number of nitrogens with one attached hydrogen (secondary N) is 1. The number of hydrogen-bond acceptors (Lipinski definition) is 5. The fourth-order valence-corrected chi connectivity index (χ4v) is 4.51. The number of methoxy groups -OCH3 is 1. The second-order valence-corrected chi connectivity index (χ2v) is 8.25. The number of carbonyl (C=O) groups excluding carboxylic acids is 1. The third kappa shape index (κ3) is 4.26. The molecule has 1 N–H and O–H groups in total. The van der Waals surface area contributed by atoms with Crippen LogP contribution in [0.5, 0.6) is 0 Å². The van der Waals surface area contributed by atoms with Crippen LogP contribution in [0.4, 0.5) is 0 Å². The first kappa shape index (κ1) is 20.6. The van der Waals surface area contributed by atoms with Gasteiger partial charge in [-0.1, -0.05) is 23.4 Å². The van der Waals surface area contributed by atoms with Crippen molar-refractivity contribution in [2.24, 2.45) is 0 Å². The molecule has 3 heterocycles. The lowest BCUT2D eigenvalue weighted by Crippen LogP contribution is -2.46. The number of aryl methyl sites for hydroxylation is 2. The van der Waals surface area contributed by atoms with Gasteiger partial charge in [0.05, 0.1) is 0 Å². The van der Waals surface area contributed by atoms with E-state index in [2.05, 4.69) is 39.5 Å². The zero-order valence-corrected chi connectivity index (χ0v) is 17.8. The first-order valence-corrected chi connectivity index (χ1v) is 10.7. The Morgan fingerprint density at radius 2 is 2.10 bits per heavy atom. The van der Waals surface area contributed by atoms with Gasteiger partial charge in [-0.25, -0.2) is 0 Å². The summed E-state index contributed by atoms with van der Waals surface area (Å²) in [5.74, 6) is 1.57. The third-order valence-electron chi connectivity index (χ3n) is 6.37. The Labute approximate surface area is 176 Å². The molecule has 1 saturated heterocycles. The van der Waals surface area contributed by atoms with Crippen molar-refractivity contribution in [1.82, 2.24) is 20.0 Å². The van der Waals surface area contributed by atoms with Crippen molar-refractivity contribution in [3.8, 4) is 0 Å². The van der Waals surface area contributed by atoms with Gasteiger partial charge in [0.25, 0.3) is 0 Å². The van der Waals surface area contributed by atoms with Crippen molar-refractivity contribution in [2.45, 2.75) is 50.9 Å². The molecule has 1 fully saturated rings. The van der Waals surface area contributed by atoms with Crippen LogP contribution in [0.25, 0.3) is 10.9 Å². The van der Waals surface area contributed by atoms with Crippen LogP contribution < -0.4 is 0 Å². The smallest absolute Gasteiger partial charge is 0.223 e. The predicted octanol–water partition coefficient (Wildman–Crippen LogP) is 3.78. The van der Waals surface area contributed by atoms with E-state index >= 15 is 0 Å². The average Bonchev–Trinajstić information content (AvgIpc) is 3.39. The van der Waals surface area contributed by atoms with Crippen molar-refractivity contribution in [3.63, 3.8) is 0 Å². The van der Waals surface area contributed by atoms with Crippen LogP contribution in [0.15, 0.2) is 35.0 Å². The molecule has 7 nitrogen and oxygen atoms in total. The highest BCUT2D eigenvalue weighted by Gasteiger charge is 2.40. The van der Waals surface area contributed by atoms with E-state index in [1.807, 2.05) is 17.9 Å². The summed E-state index contributed by atoms with van der Waals surface area (Å²) in [6, 6.07) is 8.30. The third-order valence-corrected chi connectivity index (χ3v) is 6.37. The van der Waals surface area contributed by atoms with Gasteiger partial charge in [0, 0.05) is 62.7 Å². The van der Waals surface area contributed by atoms with Gasteiger partial charge in [-0.3, -0.25) is 4.79 Å². The Hall–Kier alpha value is -2.67. The van der Waals surface area contributed by atoms with Crippen molar-refractivity contribution >= 4 is 16.8 Å². The van der Waals surface area contributed by atoms with Crippen LogP contribution in [0.2, 0.25) is 0 Å². The molecule has 1 aliphatic heterocycles. The van der Waals surface area contributed by atoms with Crippen LogP contribution in [0.3, 0.4) is 0 Å². The van der Waals surface area contributed by atoms with Crippen molar-refractivity contribution < 1.29 is 14.1 Å². The first-order chi connectivity index (χ1) is 14.6. The minimum Gasteiger partial charge on any atom is -0.385 e. The Balaban J connectivity index is 1.32. The van der Waals surface area contributed by atoms with Gasteiger partial charge in [-0.15, -0.1) is 0 Å². The number of aromatic amines is 1. The normalized spacial score (nSPS) is 16.3. The zero-order chi connectivity index (χ0) is 21.0. The van der Waals surface area contributed by atoms with Gasteiger partial charge in [0.2, 0.25) is 11.8 Å². The predicted molar refractivity (Wildman–Crippen MR) is 114 cm³/mol. The van der Waals surface area contributed by atoms with Crippen molar-refractivity contribution in [3.05, 3.63) is 47.7 Å². The number of benzene rings is 1. The molecule has 30 heavy (non-hydrogen) atoms. The zero-order valence-electron chi connectivity index (χ0n) is 17.8. The molecule has 0 aliphatic carbocycles. The maximum Gasteiger partial charge on any atom is 0.223 e. The summed E-state index contributed by atoms with van der Waals surface area (Å²) < 4.78 is 10.6. The number of H-pyrrole nitrogens is 1. The summed E-state index contributed by atoms with van der Waals surface area (Å²) in [5, 5.41) is 5.44. The molecule has 7 heteroatoms. The highest BCUT2D eigenvalue weighted by Crippen LogP contribution is 2.37. The van der Waals surface area contributed by atoms with Crippen molar-refractivity contribution in [1.29, 1.82) is 0 Å². The number of aromatic nitrogens is 3. The maximum atomic E-state index is 12.8. The summed E-state index contributed by atoms with van der Waals surface area (Å²) in [4.78, 5) is 22.6. The molecule has 2 aromatic heterocycles. The number of amides is 1. The van der Waals surface area contributed by atoms with Gasteiger partial charge < -0.3 is 19.1 Å². The topological polar surface area (TPSA) is 84.2 Å². The monoisotopic (exact) mass is 410 g/mol. The van der Waals surface area contributed by atoms with E-state index in [0.29, 0.717) is 18.9 Å². The quantitative estimate of drug-likeness (QED) is 0.611. The van der Waals surface area contributed by atoms with Crippen molar-refractivity contribution in [2.75, 3.05) is 26.8 Å². The number of nitrogens with zero attached hydrogens (tertiary/aromatic N) is 3. The Bertz CT molecular complexity index is 985. The first-order valence-electron chi connectivity index (χ1n) is 10.7. The van der Waals surface area contributed by atoms with Gasteiger partial charge in [-0.2, -0.15) is 4.98 Å². The van der Waals surface area contributed by atoms with Crippen LogP contribution in [0, 0.1) is 6.92 Å². The largest absolute Gasteiger partial charge is 0.385 e. The van der Waals surface area contributed by atoms with E-state index < -0.39 is 0 Å². The number of hydrogen-bond donors (Lipinski definition) is 1. The number of piperidine rings is 1. The molecule has 1 aromatic carbocycles. The van der Waals surface area contributed by atoms with Gasteiger partial charge in [-0.05, 0) is 43.7 Å². The summed E-state index contributed by atoms with van der Waals surface area (Å²) >= 11 is 0. The molecular weight excluding hydrogens is 380 g/mol. The number of ether oxygens (including phenoxy) is 1. The van der Waals surface area contributed by atoms with Gasteiger partial charge >= 0.3 is 0 Å². The minimum absolute atomic E-state index is 0.172. The number of likely N-dealkylation sites (tertiary alicyclic amines) is 1. The lowest BCUT2D eigenvalue weighted by atomic mass is 9.75. The Kier molecular flexibility index (Phi) is 6.18. The molecule has 160 valence electrons. The fourth-order valence-electron chi connectivity index (χ4n) is 4.51. The molecule has 0 bridgehead atoms. The minimum atomic E-state index is -0.172. The van der Waals surface area contributed by atoms with Crippen LogP contribution in [-0.2, 0) is 21.4 Å². The number of para-hydroxylation sites is 1. The molecular formula is C23H30N4O3. The molecule has 1 aliphatic rings. The molecule has 0 radical (unpaired) electrons. The SMILES string of the molecule is COCCC1(c2noc(C)n2)CCN(C(=O)CCCc2c[nH]c3ccccc23)CC1. The lowest BCUT2D eigenvalue weighted by molar-refractivity contribution is -0.133. The lowest BCUT2D eigenvalue weighted by Gasteiger charge is -2.39. The molecule has 0 unspecified atom stereocenters. The Morgan fingerprint density at radius 1 is 1.30 bits per heavy atom. The summed E-state index contributed by atoms with van der Waals surface area (Å²) in [6.07, 6.45) is 6.91. The second kappa shape index (κ2) is 9.00. The van der Waals surface area contributed by atoms with Crippen LogP contribution in [0.1, 0.15) is 49.4 Å². The van der Waals surface area contributed by atoms with Crippen LogP contribution >= 0.6 is 0 Å². The number of carbonyl (C=O) groups is 1. The standard InChI is InChI=1S/C23H30N4O3/c1-17-25-22(26-30-17)23(12-15-29-2)10-13-27(14-11-23)21(28)9-5-6-18-16-24-20-8-4-3-7-19(18)20/h3-4,7-8,16,24H,5-6,9-15H2,1-2H3. The number of fused-ring (bicyclic) bond motifs is 1. The Morgan fingerprint density at radius 3 is 2.83 bits per heavy atom. The van der Waals surface area contributed by atoms with E-state index in [1.54, 1.807) is 7.11 Å². The number of rotatable bonds is 8. The molecule has 0 saturated carbocycles. The van der Waals surface area contributed by atoms with E-state index in [0.717, 1.165) is 56.5 Å². The summed E-state index contributed by atoms with van der Waals surface area (Å²) in [5.41, 5.74) is 2.26. The van der Waals surface area contributed by atoms with Gasteiger partial charge in [0.1, 0.15) is 0 Å². The maximum absolute atomic E-state index is 12.8. The highest BCUT2D eigenvalue weighted by molar-refractivity contribution is 5.83. The van der Waals surface area contributed by atoms with Gasteiger partial charge in [0.15, 0.2) is 5.82 Å².